The van der Waals surface area contributed by atoms with Crippen LogP contribution < -0.4 is 5.32 Å². The SMILES string of the molecule is CC(C)NCc1nc(-c2ccc(Cl)c(Cl)c2)no1. The Labute approximate surface area is 115 Å². The molecule has 0 radical (unpaired) electrons. The maximum Gasteiger partial charge on any atom is 0.240 e. The number of nitrogens with zero attached hydrogens (tertiary/aromatic N) is 2. The first-order chi connectivity index (χ1) is 8.56. The summed E-state index contributed by atoms with van der Waals surface area (Å²) in [5, 5.41) is 8.09. The Morgan fingerprint density at radius 1 is 1.28 bits per heavy atom. The second-order valence-electron chi connectivity index (χ2n) is 4.18. The zero-order chi connectivity index (χ0) is 13.1. The number of halogens is 2. The van der Waals surface area contributed by atoms with E-state index in [4.69, 9.17) is 27.7 Å². The molecule has 0 unspecified atom stereocenters. The molecule has 0 atom stereocenters. The normalized spacial score (nSPS) is 11.2. The van der Waals surface area contributed by atoms with Gasteiger partial charge in [-0.3, -0.25) is 0 Å². The lowest BCUT2D eigenvalue weighted by Crippen LogP contribution is -2.21. The largest absolute Gasteiger partial charge is 0.338 e. The second kappa shape index (κ2) is 5.69. The van der Waals surface area contributed by atoms with Crippen molar-refractivity contribution >= 4 is 23.2 Å². The molecule has 4 nitrogen and oxygen atoms in total. The molecule has 0 amide bonds. The summed E-state index contributed by atoms with van der Waals surface area (Å²) in [7, 11) is 0. The Bertz CT molecular complexity index is 540. The number of aromatic nitrogens is 2. The predicted octanol–water partition coefficient (Wildman–Crippen LogP) is 3.54. The lowest BCUT2D eigenvalue weighted by atomic mass is 10.2. The van der Waals surface area contributed by atoms with Gasteiger partial charge in [0.2, 0.25) is 11.7 Å². The van der Waals surface area contributed by atoms with Crippen LogP contribution in [0, 0.1) is 0 Å². The van der Waals surface area contributed by atoms with Gasteiger partial charge in [0, 0.05) is 11.6 Å². The highest BCUT2D eigenvalue weighted by Crippen LogP contribution is 2.26. The molecule has 2 rings (SSSR count). The standard InChI is InChI=1S/C12H13Cl2N3O/c1-7(2)15-6-11-16-12(17-18-11)8-3-4-9(13)10(14)5-8/h3-5,7,15H,6H2,1-2H3. The van der Waals surface area contributed by atoms with Crippen LogP contribution in [-0.2, 0) is 6.54 Å². The van der Waals surface area contributed by atoms with Crippen molar-refractivity contribution in [3.05, 3.63) is 34.1 Å². The third-order valence-electron chi connectivity index (χ3n) is 2.31. The van der Waals surface area contributed by atoms with Gasteiger partial charge in [-0.15, -0.1) is 0 Å². The van der Waals surface area contributed by atoms with Crippen LogP contribution in [0.25, 0.3) is 11.4 Å². The van der Waals surface area contributed by atoms with E-state index >= 15 is 0 Å². The van der Waals surface area contributed by atoms with E-state index < -0.39 is 0 Å². The average molecular weight is 286 g/mol. The summed E-state index contributed by atoms with van der Waals surface area (Å²) in [4.78, 5) is 4.28. The van der Waals surface area contributed by atoms with E-state index in [2.05, 4.69) is 29.3 Å². The van der Waals surface area contributed by atoms with Gasteiger partial charge in [-0.1, -0.05) is 42.2 Å². The molecule has 1 aromatic heterocycles. The molecule has 1 heterocycles. The Balaban J connectivity index is 2.16. The van der Waals surface area contributed by atoms with Gasteiger partial charge in [0.15, 0.2) is 0 Å². The molecular formula is C12H13Cl2N3O. The van der Waals surface area contributed by atoms with Gasteiger partial charge < -0.3 is 9.84 Å². The molecule has 1 aromatic carbocycles. The molecule has 96 valence electrons. The quantitative estimate of drug-likeness (QED) is 0.934. The van der Waals surface area contributed by atoms with Crippen molar-refractivity contribution in [3.63, 3.8) is 0 Å². The molecule has 0 spiro atoms. The Morgan fingerprint density at radius 2 is 2.06 bits per heavy atom. The van der Waals surface area contributed by atoms with Crippen molar-refractivity contribution < 1.29 is 4.52 Å². The summed E-state index contributed by atoms with van der Waals surface area (Å²) in [5.41, 5.74) is 0.781. The van der Waals surface area contributed by atoms with Crippen LogP contribution >= 0.6 is 23.2 Å². The average Bonchev–Trinajstić information content (AvgIpc) is 2.79. The van der Waals surface area contributed by atoms with Crippen molar-refractivity contribution in [1.29, 1.82) is 0 Å². The number of nitrogens with one attached hydrogen (secondary N) is 1. The van der Waals surface area contributed by atoms with Crippen molar-refractivity contribution in [3.8, 4) is 11.4 Å². The summed E-state index contributed by atoms with van der Waals surface area (Å²) in [5.74, 6) is 1.05. The third kappa shape index (κ3) is 3.22. The summed E-state index contributed by atoms with van der Waals surface area (Å²) in [6.45, 7) is 4.65. The van der Waals surface area contributed by atoms with Gasteiger partial charge >= 0.3 is 0 Å². The minimum absolute atomic E-state index is 0.366. The number of hydrogen-bond acceptors (Lipinski definition) is 4. The first-order valence-electron chi connectivity index (χ1n) is 5.57. The van der Waals surface area contributed by atoms with Crippen LogP contribution in [0.3, 0.4) is 0 Å². The molecule has 0 saturated carbocycles. The summed E-state index contributed by atoms with van der Waals surface area (Å²) < 4.78 is 5.14. The van der Waals surface area contributed by atoms with Crippen molar-refractivity contribution in [2.24, 2.45) is 0 Å². The molecule has 0 saturated heterocycles. The van der Waals surface area contributed by atoms with Gasteiger partial charge in [0.1, 0.15) is 0 Å². The molecule has 0 aliphatic rings. The van der Waals surface area contributed by atoms with Crippen LogP contribution in [0.4, 0.5) is 0 Å². The fourth-order valence-electron chi connectivity index (χ4n) is 1.37. The van der Waals surface area contributed by atoms with Crippen molar-refractivity contribution in [2.45, 2.75) is 26.4 Å². The molecule has 2 aromatic rings. The highest BCUT2D eigenvalue weighted by atomic mass is 35.5. The smallest absolute Gasteiger partial charge is 0.240 e. The summed E-state index contributed by atoms with van der Waals surface area (Å²) in [6.07, 6.45) is 0. The minimum Gasteiger partial charge on any atom is -0.338 e. The first-order valence-corrected chi connectivity index (χ1v) is 6.33. The van der Waals surface area contributed by atoms with Gasteiger partial charge in [0.05, 0.1) is 16.6 Å². The molecular weight excluding hydrogens is 273 g/mol. The van der Waals surface area contributed by atoms with Crippen LogP contribution in [0.5, 0.6) is 0 Å². The Hall–Kier alpha value is -1.10. The van der Waals surface area contributed by atoms with E-state index in [1.165, 1.54) is 0 Å². The summed E-state index contributed by atoms with van der Waals surface area (Å²) in [6, 6.07) is 5.60. The maximum absolute atomic E-state index is 5.94. The highest BCUT2D eigenvalue weighted by molar-refractivity contribution is 6.42. The zero-order valence-electron chi connectivity index (χ0n) is 10.1. The molecule has 0 bridgehead atoms. The third-order valence-corrected chi connectivity index (χ3v) is 3.05. The number of benzene rings is 1. The lowest BCUT2D eigenvalue weighted by Gasteiger charge is -2.02. The van der Waals surface area contributed by atoms with Crippen LogP contribution in [0.1, 0.15) is 19.7 Å². The van der Waals surface area contributed by atoms with E-state index in [0.29, 0.717) is 34.3 Å². The lowest BCUT2D eigenvalue weighted by molar-refractivity contribution is 0.362. The second-order valence-corrected chi connectivity index (χ2v) is 4.99. The highest BCUT2D eigenvalue weighted by Gasteiger charge is 2.10. The van der Waals surface area contributed by atoms with Gasteiger partial charge in [-0.25, -0.2) is 0 Å². The summed E-state index contributed by atoms with van der Waals surface area (Å²) >= 11 is 11.8. The topological polar surface area (TPSA) is 51.0 Å². The molecule has 0 aliphatic carbocycles. The van der Waals surface area contributed by atoms with E-state index in [1.807, 2.05) is 0 Å². The first kappa shape index (κ1) is 13.3. The number of hydrogen-bond donors (Lipinski definition) is 1. The Kier molecular flexibility index (Phi) is 4.22. The van der Waals surface area contributed by atoms with Crippen LogP contribution in [0.2, 0.25) is 10.0 Å². The van der Waals surface area contributed by atoms with Gasteiger partial charge in [-0.2, -0.15) is 4.98 Å². The van der Waals surface area contributed by atoms with E-state index in [9.17, 15) is 0 Å². The molecule has 1 N–H and O–H groups in total. The van der Waals surface area contributed by atoms with Crippen LogP contribution in [-0.4, -0.2) is 16.2 Å². The van der Waals surface area contributed by atoms with E-state index in [-0.39, 0.29) is 0 Å². The molecule has 18 heavy (non-hydrogen) atoms. The predicted molar refractivity (Wildman–Crippen MR) is 71.7 cm³/mol. The number of rotatable bonds is 4. The Morgan fingerprint density at radius 3 is 2.72 bits per heavy atom. The van der Waals surface area contributed by atoms with Crippen LogP contribution in [0.15, 0.2) is 22.7 Å². The zero-order valence-corrected chi connectivity index (χ0v) is 11.6. The van der Waals surface area contributed by atoms with Gasteiger partial charge in [-0.05, 0) is 18.2 Å². The molecule has 0 fully saturated rings. The van der Waals surface area contributed by atoms with Crippen molar-refractivity contribution in [2.75, 3.05) is 0 Å². The monoisotopic (exact) mass is 285 g/mol. The molecule has 6 heteroatoms. The van der Waals surface area contributed by atoms with E-state index in [0.717, 1.165) is 5.56 Å². The fraction of sp³-hybridized carbons (Fsp3) is 0.333. The van der Waals surface area contributed by atoms with Gasteiger partial charge in [0.25, 0.3) is 0 Å². The van der Waals surface area contributed by atoms with Crippen molar-refractivity contribution in [1.82, 2.24) is 15.5 Å². The minimum atomic E-state index is 0.366. The molecule has 0 aliphatic heterocycles. The fourth-order valence-corrected chi connectivity index (χ4v) is 1.67. The maximum atomic E-state index is 5.94. The van der Waals surface area contributed by atoms with E-state index in [1.54, 1.807) is 18.2 Å².